The van der Waals surface area contributed by atoms with Gasteiger partial charge in [-0.15, -0.1) is 6.58 Å². The SMILES string of the molecule is C=CC.C=CC(=C)CNCc1cc2ccc(Cl)cc2n(CCOc2ccccc2)c1=O. The molecule has 0 aliphatic carbocycles. The first-order valence-electron chi connectivity index (χ1n) is 10.1. The van der Waals surface area contributed by atoms with Gasteiger partial charge in [-0.05, 0) is 48.2 Å². The highest BCUT2D eigenvalue weighted by Gasteiger charge is 2.10. The summed E-state index contributed by atoms with van der Waals surface area (Å²) in [6.07, 6.45) is 3.45. The van der Waals surface area contributed by atoms with Gasteiger partial charge in [0, 0.05) is 23.7 Å². The van der Waals surface area contributed by atoms with E-state index >= 15 is 0 Å². The lowest BCUT2D eigenvalue weighted by atomic mass is 10.1. The van der Waals surface area contributed by atoms with Crippen molar-refractivity contribution in [2.24, 2.45) is 0 Å². The largest absolute Gasteiger partial charge is 0.492 e. The molecule has 0 radical (unpaired) electrons. The van der Waals surface area contributed by atoms with Gasteiger partial charge in [0.05, 0.1) is 12.1 Å². The van der Waals surface area contributed by atoms with Crippen molar-refractivity contribution in [3.8, 4) is 5.75 Å². The van der Waals surface area contributed by atoms with Gasteiger partial charge in [-0.25, -0.2) is 0 Å². The van der Waals surface area contributed by atoms with Crippen molar-refractivity contribution < 1.29 is 4.74 Å². The van der Waals surface area contributed by atoms with Crippen LogP contribution in [0.5, 0.6) is 5.75 Å². The van der Waals surface area contributed by atoms with Crippen molar-refractivity contribution in [3.63, 3.8) is 0 Å². The normalized spacial score (nSPS) is 10.1. The summed E-state index contributed by atoms with van der Waals surface area (Å²) >= 11 is 6.17. The summed E-state index contributed by atoms with van der Waals surface area (Å²) in [5.41, 5.74) is 2.31. The number of benzene rings is 2. The molecule has 0 spiro atoms. The van der Waals surface area contributed by atoms with Crippen molar-refractivity contribution in [1.29, 1.82) is 0 Å². The van der Waals surface area contributed by atoms with Crippen LogP contribution >= 0.6 is 11.6 Å². The van der Waals surface area contributed by atoms with Crippen LogP contribution in [-0.4, -0.2) is 17.7 Å². The molecule has 0 fully saturated rings. The predicted octanol–water partition coefficient (Wildman–Crippen LogP) is 5.76. The van der Waals surface area contributed by atoms with Crippen LogP contribution in [0.4, 0.5) is 0 Å². The Hall–Kier alpha value is -3.08. The van der Waals surface area contributed by atoms with Crippen LogP contribution in [0.15, 0.2) is 96.9 Å². The smallest absolute Gasteiger partial charge is 0.255 e. The van der Waals surface area contributed by atoms with Gasteiger partial charge in [0.25, 0.3) is 5.56 Å². The summed E-state index contributed by atoms with van der Waals surface area (Å²) in [5.74, 6) is 0.777. The molecule has 0 unspecified atom stereocenters. The second kappa shape index (κ2) is 12.6. The highest BCUT2D eigenvalue weighted by Crippen LogP contribution is 2.19. The highest BCUT2D eigenvalue weighted by atomic mass is 35.5. The fourth-order valence-electron chi connectivity index (χ4n) is 2.95. The van der Waals surface area contributed by atoms with E-state index in [9.17, 15) is 4.79 Å². The molecular formula is C26H29ClN2O2. The number of nitrogens with zero attached hydrogens (tertiary/aromatic N) is 1. The molecule has 0 saturated carbocycles. The number of nitrogens with one attached hydrogen (secondary N) is 1. The van der Waals surface area contributed by atoms with Crippen LogP contribution in [-0.2, 0) is 13.1 Å². The van der Waals surface area contributed by atoms with Gasteiger partial charge < -0.3 is 14.6 Å². The summed E-state index contributed by atoms with van der Waals surface area (Å²) in [5, 5.41) is 4.79. The van der Waals surface area contributed by atoms with Crippen molar-refractivity contribution >= 4 is 22.5 Å². The minimum atomic E-state index is -0.0526. The molecule has 5 heteroatoms. The Morgan fingerprint density at radius 2 is 1.87 bits per heavy atom. The number of pyridine rings is 1. The van der Waals surface area contributed by atoms with Crippen LogP contribution in [0.25, 0.3) is 10.9 Å². The Labute approximate surface area is 189 Å². The molecule has 1 heterocycles. The van der Waals surface area contributed by atoms with Crippen molar-refractivity contribution in [1.82, 2.24) is 9.88 Å². The maximum atomic E-state index is 13.1. The Bertz CT molecular complexity index is 1090. The number of hydrogen-bond acceptors (Lipinski definition) is 3. The standard InChI is InChI=1S/C23H23ClN2O2.C3H6/c1-3-17(2)15-25-16-19-13-18-9-10-20(24)14-22(18)26(23(19)27)11-12-28-21-7-5-4-6-8-21;1-3-2/h3-10,13-14,25H,1-2,11-12,15-16H2;3H,1H2,2H3. The van der Waals surface area contributed by atoms with Gasteiger partial charge in [0.15, 0.2) is 0 Å². The van der Waals surface area contributed by atoms with Crippen LogP contribution < -0.4 is 15.6 Å². The minimum Gasteiger partial charge on any atom is -0.492 e. The zero-order chi connectivity index (χ0) is 22.6. The maximum absolute atomic E-state index is 13.1. The third-order valence-electron chi connectivity index (χ3n) is 4.42. The molecule has 0 aliphatic rings. The molecular weight excluding hydrogens is 408 g/mol. The Morgan fingerprint density at radius 3 is 2.55 bits per heavy atom. The number of para-hydroxylation sites is 1. The van der Waals surface area contributed by atoms with Gasteiger partial charge >= 0.3 is 0 Å². The fourth-order valence-corrected chi connectivity index (χ4v) is 3.12. The van der Waals surface area contributed by atoms with Gasteiger partial charge in [0.2, 0.25) is 0 Å². The van der Waals surface area contributed by atoms with Crippen molar-refractivity contribution in [3.05, 3.63) is 113 Å². The fraction of sp³-hybridized carbons (Fsp3) is 0.192. The molecule has 3 rings (SSSR count). The molecule has 3 aromatic rings. The Morgan fingerprint density at radius 1 is 1.16 bits per heavy atom. The number of rotatable bonds is 9. The molecule has 31 heavy (non-hydrogen) atoms. The van der Waals surface area contributed by atoms with E-state index in [1.807, 2.05) is 61.5 Å². The number of ether oxygens (including phenoxy) is 1. The molecule has 0 bridgehead atoms. The van der Waals surface area contributed by atoms with E-state index in [0.717, 1.165) is 22.2 Å². The van der Waals surface area contributed by atoms with Crippen LogP contribution in [0.1, 0.15) is 12.5 Å². The monoisotopic (exact) mass is 436 g/mol. The summed E-state index contributed by atoms with van der Waals surface area (Å²) < 4.78 is 7.51. The third-order valence-corrected chi connectivity index (χ3v) is 4.65. The molecule has 4 nitrogen and oxygen atoms in total. The molecule has 0 atom stereocenters. The quantitative estimate of drug-likeness (QED) is 0.342. The first kappa shape index (κ1) is 24.2. The average Bonchev–Trinajstić information content (AvgIpc) is 2.77. The summed E-state index contributed by atoms with van der Waals surface area (Å²) in [4.78, 5) is 13.1. The number of halogens is 1. The molecule has 1 aromatic heterocycles. The topological polar surface area (TPSA) is 43.3 Å². The third kappa shape index (κ3) is 7.28. The van der Waals surface area contributed by atoms with Crippen LogP contribution in [0, 0.1) is 0 Å². The van der Waals surface area contributed by atoms with E-state index in [-0.39, 0.29) is 5.56 Å². The van der Waals surface area contributed by atoms with Crippen LogP contribution in [0.3, 0.4) is 0 Å². The first-order chi connectivity index (χ1) is 15.0. The van der Waals surface area contributed by atoms with E-state index in [0.29, 0.717) is 36.8 Å². The highest BCUT2D eigenvalue weighted by molar-refractivity contribution is 6.31. The van der Waals surface area contributed by atoms with Gasteiger partial charge in [0.1, 0.15) is 12.4 Å². The Kier molecular flexibility index (Phi) is 9.82. The first-order valence-corrected chi connectivity index (χ1v) is 10.5. The Balaban J connectivity index is 0.00000107. The van der Waals surface area contributed by atoms with E-state index in [1.54, 1.807) is 16.7 Å². The number of fused-ring (bicyclic) bond motifs is 1. The summed E-state index contributed by atoms with van der Waals surface area (Å²) in [6, 6.07) is 17.0. The van der Waals surface area contributed by atoms with Gasteiger partial charge in [-0.2, -0.15) is 0 Å². The minimum absolute atomic E-state index is 0.0526. The number of aromatic nitrogens is 1. The van der Waals surface area contributed by atoms with E-state index in [1.165, 1.54) is 0 Å². The van der Waals surface area contributed by atoms with Gasteiger partial charge in [-0.3, -0.25) is 4.79 Å². The molecule has 1 N–H and O–H groups in total. The molecule has 0 aliphatic heterocycles. The summed E-state index contributed by atoms with van der Waals surface area (Å²) in [7, 11) is 0. The maximum Gasteiger partial charge on any atom is 0.255 e. The summed E-state index contributed by atoms with van der Waals surface area (Å²) in [6.45, 7) is 14.7. The predicted molar refractivity (Wildman–Crippen MR) is 132 cm³/mol. The lowest BCUT2D eigenvalue weighted by Gasteiger charge is -2.14. The average molecular weight is 437 g/mol. The molecule has 2 aromatic carbocycles. The van der Waals surface area contributed by atoms with E-state index in [4.69, 9.17) is 16.3 Å². The van der Waals surface area contributed by atoms with Gasteiger partial charge in [-0.1, -0.05) is 61.2 Å². The lowest BCUT2D eigenvalue weighted by molar-refractivity contribution is 0.298. The zero-order valence-corrected chi connectivity index (χ0v) is 18.7. The number of hydrogen-bond donors (Lipinski definition) is 1. The second-order valence-electron chi connectivity index (χ2n) is 6.87. The molecule has 0 saturated heterocycles. The lowest BCUT2D eigenvalue weighted by Crippen LogP contribution is -2.29. The van der Waals surface area contributed by atoms with Crippen molar-refractivity contribution in [2.75, 3.05) is 13.2 Å². The molecule has 162 valence electrons. The van der Waals surface area contributed by atoms with Crippen molar-refractivity contribution in [2.45, 2.75) is 20.0 Å². The van der Waals surface area contributed by atoms with E-state index < -0.39 is 0 Å². The van der Waals surface area contributed by atoms with Crippen LogP contribution in [0.2, 0.25) is 5.02 Å². The zero-order valence-electron chi connectivity index (χ0n) is 17.9. The second-order valence-corrected chi connectivity index (χ2v) is 7.30. The van der Waals surface area contributed by atoms with E-state index in [2.05, 4.69) is 25.1 Å². The molecule has 0 amide bonds. The number of allylic oxidation sites excluding steroid dienone is 1.